The number of halogens is 3. The molecule has 0 saturated carbocycles. The maximum atomic E-state index is 12.6. The molecule has 0 heterocycles. The summed E-state index contributed by atoms with van der Waals surface area (Å²) in [6.45, 7) is 3.64. The zero-order valence-electron chi connectivity index (χ0n) is 8.60. The first kappa shape index (κ1) is 12.4. The molecule has 15 heavy (non-hydrogen) atoms. The zero-order valence-corrected chi connectivity index (χ0v) is 9.35. The smallest absolute Gasteiger partial charge is 0.347 e. The third-order valence-electron chi connectivity index (χ3n) is 2.42. The lowest BCUT2D eigenvalue weighted by Gasteiger charge is -2.18. The summed E-state index contributed by atoms with van der Waals surface area (Å²) in [5.41, 5.74) is 2.50. The van der Waals surface area contributed by atoms with Gasteiger partial charge in [0.1, 0.15) is 6.10 Å². The number of hydrogen-bond acceptors (Lipinski definition) is 1. The first-order valence-corrected chi connectivity index (χ1v) is 5.00. The Bertz CT molecular complexity index is 327. The number of alkyl halides is 3. The summed E-state index contributed by atoms with van der Waals surface area (Å²) in [5, 5.41) is 5.63. The monoisotopic (exact) mass is 234 g/mol. The average molecular weight is 235 g/mol. The summed E-state index contributed by atoms with van der Waals surface area (Å²) < 4.78 is 25.2. The van der Waals surface area contributed by atoms with Crippen molar-refractivity contribution in [3.63, 3.8) is 0 Å². The van der Waals surface area contributed by atoms with Crippen LogP contribution in [0.15, 0.2) is 18.2 Å². The van der Waals surface area contributed by atoms with Crippen LogP contribution in [0.4, 0.5) is 8.78 Å². The molecular weight excluding hydrogens is 222 g/mol. The molecule has 0 saturated heterocycles. The highest BCUT2D eigenvalue weighted by atomic mass is 35.5. The first-order chi connectivity index (χ1) is 6.82. The van der Waals surface area contributed by atoms with Crippen molar-refractivity contribution >= 4 is 11.6 Å². The van der Waals surface area contributed by atoms with Crippen molar-refractivity contribution in [1.29, 1.82) is 0 Å². The van der Waals surface area contributed by atoms with Gasteiger partial charge in [-0.3, -0.25) is 0 Å². The van der Waals surface area contributed by atoms with Crippen molar-refractivity contribution in [2.24, 2.45) is 0 Å². The van der Waals surface area contributed by atoms with E-state index in [2.05, 4.69) is 0 Å². The lowest BCUT2D eigenvalue weighted by molar-refractivity contribution is -0.0398. The standard InChI is InChI=1S/C11H13ClF2O/c1-7-4-3-5-8(2)9(7)6-10(15)11(12,13)14/h3-5,10,15H,6H2,1-2H3. The van der Waals surface area contributed by atoms with E-state index < -0.39 is 11.5 Å². The lowest BCUT2D eigenvalue weighted by atomic mass is 9.97. The minimum atomic E-state index is -3.57. The van der Waals surface area contributed by atoms with Crippen molar-refractivity contribution in [2.75, 3.05) is 0 Å². The number of aliphatic hydroxyl groups excluding tert-OH is 1. The summed E-state index contributed by atoms with van der Waals surface area (Å²) in [7, 11) is 0. The first-order valence-electron chi connectivity index (χ1n) is 4.62. The van der Waals surface area contributed by atoms with E-state index in [4.69, 9.17) is 11.6 Å². The molecule has 0 amide bonds. The van der Waals surface area contributed by atoms with E-state index in [1.165, 1.54) is 0 Å². The maximum absolute atomic E-state index is 12.6. The van der Waals surface area contributed by atoms with Crippen LogP contribution in [0.2, 0.25) is 0 Å². The Kier molecular flexibility index (Phi) is 3.68. The zero-order chi connectivity index (χ0) is 11.6. The van der Waals surface area contributed by atoms with Gasteiger partial charge in [0.2, 0.25) is 0 Å². The Labute approximate surface area is 92.7 Å². The quantitative estimate of drug-likeness (QED) is 0.797. The fraction of sp³-hybridized carbons (Fsp3) is 0.455. The number of rotatable bonds is 3. The Balaban J connectivity index is 2.90. The van der Waals surface area contributed by atoms with Crippen LogP contribution in [-0.2, 0) is 6.42 Å². The fourth-order valence-electron chi connectivity index (χ4n) is 1.48. The molecule has 0 radical (unpaired) electrons. The number of aryl methyl sites for hydroxylation is 2. The van der Waals surface area contributed by atoms with Gasteiger partial charge >= 0.3 is 5.38 Å². The van der Waals surface area contributed by atoms with E-state index in [0.717, 1.165) is 16.7 Å². The van der Waals surface area contributed by atoms with E-state index in [1.54, 1.807) is 0 Å². The van der Waals surface area contributed by atoms with Gasteiger partial charge in [0.05, 0.1) is 0 Å². The average Bonchev–Trinajstić information content (AvgIpc) is 2.09. The number of benzene rings is 1. The molecule has 0 fully saturated rings. The van der Waals surface area contributed by atoms with Crippen LogP contribution in [0.3, 0.4) is 0 Å². The maximum Gasteiger partial charge on any atom is 0.347 e. The van der Waals surface area contributed by atoms with Gasteiger partial charge in [-0.15, -0.1) is 0 Å². The van der Waals surface area contributed by atoms with Crippen molar-refractivity contribution in [1.82, 2.24) is 0 Å². The molecule has 0 aromatic heterocycles. The molecule has 84 valence electrons. The normalized spacial score (nSPS) is 14.0. The van der Waals surface area contributed by atoms with Gasteiger partial charge in [0, 0.05) is 6.42 Å². The Morgan fingerprint density at radius 1 is 1.33 bits per heavy atom. The molecule has 4 heteroatoms. The van der Waals surface area contributed by atoms with Crippen molar-refractivity contribution in [3.05, 3.63) is 34.9 Å². The van der Waals surface area contributed by atoms with Crippen LogP contribution in [-0.4, -0.2) is 16.6 Å². The SMILES string of the molecule is Cc1cccc(C)c1CC(O)C(F)(F)Cl. The van der Waals surface area contributed by atoms with Gasteiger partial charge in [0.15, 0.2) is 0 Å². The van der Waals surface area contributed by atoms with Crippen LogP contribution in [0.25, 0.3) is 0 Å². The predicted octanol–water partition coefficient (Wildman–Crippen LogP) is 3.04. The van der Waals surface area contributed by atoms with E-state index in [0.29, 0.717) is 0 Å². The molecule has 1 N–H and O–H groups in total. The van der Waals surface area contributed by atoms with Crippen LogP contribution in [0.5, 0.6) is 0 Å². The van der Waals surface area contributed by atoms with Gasteiger partial charge in [-0.2, -0.15) is 8.78 Å². The molecular formula is C11H13ClF2O. The largest absolute Gasteiger partial charge is 0.385 e. The summed E-state index contributed by atoms with van der Waals surface area (Å²) in [4.78, 5) is 0. The summed E-state index contributed by atoms with van der Waals surface area (Å²) in [6, 6.07) is 5.49. The molecule has 0 aliphatic heterocycles. The Morgan fingerprint density at radius 3 is 2.20 bits per heavy atom. The third kappa shape index (κ3) is 3.14. The van der Waals surface area contributed by atoms with Crippen LogP contribution in [0.1, 0.15) is 16.7 Å². The second-order valence-corrected chi connectivity index (χ2v) is 4.14. The van der Waals surface area contributed by atoms with Gasteiger partial charge in [0.25, 0.3) is 0 Å². The van der Waals surface area contributed by atoms with Gasteiger partial charge < -0.3 is 5.11 Å². The molecule has 0 bridgehead atoms. The summed E-state index contributed by atoms with van der Waals surface area (Å²) in [5.74, 6) is 0. The third-order valence-corrected chi connectivity index (χ3v) is 2.67. The van der Waals surface area contributed by atoms with Gasteiger partial charge in [-0.25, -0.2) is 0 Å². The molecule has 1 aromatic carbocycles. The molecule has 0 spiro atoms. The van der Waals surface area contributed by atoms with Crippen molar-refractivity contribution in [2.45, 2.75) is 31.8 Å². The summed E-state index contributed by atoms with van der Waals surface area (Å²) >= 11 is 4.75. The summed E-state index contributed by atoms with van der Waals surface area (Å²) in [6.07, 6.45) is -1.98. The van der Waals surface area contributed by atoms with Crippen LogP contribution < -0.4 is 0 Å². The van der Waals surface area contributed by atoms with Gasteiger partial charge in [-0.05, 0) is 42.1 Å². The van der Waals surface area contributed by atoms with E-state index in [1.807, 2.05) is 32.0 Å². The van der Waals surface area contributed by atoms with Gasteiger partial charge in [-0.1, -0.05) is 18.2 Å². The highest BCUT2D eigenvalue weighted by Crippen LogP contribution is 2.27. The molecule has 1 unspecified atom stereocenters. The molecule has 1 rings (SSSR count). The molecule has 1 aromatic rings. The highest BCUT2D eigenvalue weighted by Gasteiger charge is 2.35. The molecule has 0 aliphatic carbocycles. The van der Waals surface area contributed by atoms with Crippen molar-refractivity contribution in [3.8, 4) is 0 Å². The number of aliphatic hydroxyl groups is 1. The Hall–Kier alpha value is -0.670. The van der Waals surface area contributed by atoms with Crippen LogP contribution in [0, 0.1) is 13.8 Å². The van der Waals surface area contributed by atoms with Crippen molar-refractivity contribution < 1.29 is 13.9 Å². The molecule has 1 atom stereocenters. The fourth-order valence-corrected chi connectivity index (χ4v) is 1.56. The second-order valence-electron chi connectivity index (χ2n) is 3.63. The lowest BCUT2D eigenvalue weighted by Crippen LogP contribution is -2.30. The Morgan fingerprint density at radius 2 is 1.80 bits per heavy atom. The highest BCUT2D eigenvalue weighted by molar-refractivity contribution is 6.22. The number of hydrogen-bond donors (Lipinski definition) is 1. The topological polar surface area (TPSA) is 20.2 Å². The van der Waals surface area contributed by atoms with E-state index in [-0.39, 0.29) is 6.42 Å². The minimum absolute atomic E-state index is 0.130. The predicted molar refractivity (Wildman–Crippen MR) is 56.4 cm³/mol. The van der Waals surface area contributed by atoms with E-state index in [9.17, 15) is 13.9 Å². The molecule has 1 nitrogen and oxygen atoms in total. The van der Waals surface area contributed by atoms with Crippen LogP contribution >= 0.6 is 11.6 Å². The minimum Gasteiger partial charge on any atom is -0.385 e. The van der Waals surface area contributed by atoms with E-state index >= 15 is 0 Å². The second kappa shape index (κ2) is 4.45. The molecule has 0 aliphatic rings.